The van der Waals surface area contributed by atoms with Gasteiger partial charge in [-0.2, -0.15) is 0 Å². The van der Waals surface area contributed by atoms with E-state index in [9.17, 15) is 19.2 Å². The van der Waals surface area contributed by atoms with Crippen LogP contribution in [-0.4, -0.2) is 153 Å². The van der Waals surface area contributed by atoms with Crippen molar-refractivity contribution in [2.24, 2.45) is 29.6 Å². The predicted octanol–water partition coefficient (Wildman–Crippen LogP) is 7.01. The first-order valence-electron chi connectivity index (χ1n) is 23.7. The number of hydrogen-bond donors (Lipinski definition) is 1. The minimum absolute atomic E-state index is 0.00318. The van der Waals surface area contributed by atoms with Gasteiger partial charge in [-0.1, -0.05) is 85.2 Å². The Morgan fingerprint density at radius 1 is 0.891 bits per heavy atom. The lowest BCUT2D eigenvalue weighted by atomic mass is 9.83. The number of nitrogens with one attached hydrogen (secondary N) is 1. The van der Waals surface area contributed by atoms with E-state index in [1.807, 2.05) is 68.4 Å². The zero-order valence-electron chi connectivity index (χ0n) is 41.7. The molecule has 362 valence electrons. The number of carbonyl (C=O) groups excluding carboxylic acids is 4. The Balaban J connectivity index is 1.74. The lowest BCUT2D eigenvalue weighted by molar-refractivity contribution is -0.149. The van der Waals surface area contributed by atoms with Crippen LogP contribution in [0.3, 0.4) is 0 Å². The molecule has 1 aromatic carbocycles. The molecule has 0 radical (unpaired) electrons. The Morgan fingerprint density at radius 2 is 1.55 bits per heavy atom. The predicted molar refractivity (Wildman–Crippen MR) is 257 cm³/mol. The number of likely N-dealkylation sites (N-methyl/N-ethyl adjacent to an activating group) is 3. The SMILES string of the molecule is CC[C@H](C)[C@@H]([C@@H](CC(=O)N1CCC[C@H]1[C@H](OC)[C@@H](C)C(=O)N[C@@H](Cc1ccccc1)c1nccs1)OC)N(C)C(=O)[C@@H](CC(=O)[C@H](C(C)C)N(C)CCOCCN(C)C(C)C)C(C)C. The van der Waals surface area contributed by atoms with Gasteiger partial charge in [0.2, 0.25) is 17.7 Å². The van der Waals surface area contributed by atoms with Crippen LogP contribution < -0.4 is 5.32 Å². The molecule has 0 spiro atoms. The highest BCUT2D eigenvalue weighted by molar-refractivity contribution is 7.09. The Kier molecular flexibility index (Phi) is 23.6. The van der Waals surface area contributed by atoms with E-state index in [2.05, 4.69) is 68.7 Å². The van der Waals surface area contributed by atoms with Gasteiger partial charge in [0.05, 0.1) is 61.9 Å². The summed E-state index contributed by atoms with van der Waals surface area (Å²) in [4.78, 5) is 69.7. The number of aromatic nitrogens is 1. The molecule has 0 saturated carbocycles. The molecule has 1 saturated heterocycles. The average Bonchev–Trinajstić information content (AvgIpc) is 3.99. The van der Waals surface area contributed by atoms with Crippen molar-refractivity contribution in [1.82, 2.24) is 29.9 Å². The lowest BCUT2D eigenvalue weighted by Gasteiger charge is -2.41. The van der Waals surface area contributed by atoms with Crippen molar-refractivity contribution in [2.45, 2.75) is 143 Å². The van der Waals surface area contributed by atoms with E-state index >= 15 is 0 Å². The molecule has 1 fully saturated rings. The molecule has 0 unspecified atom stereocenters. The van der Waals surface area contributed by atoms with Crippen LogP contribution in [0.15, 0.2) is 41.9 Å². The van der Waals surface area contributed by atoms with Crippen molar-refractivity contribution in [3.05, 3.63) is 52.5 Å². The second-order valence-corrected chi connectivity index (χ2v) is 20.0. The number of ketones is 1. The van der Waals surface area contributed by atoms with Crippen LogP contribution in [0.25, 0.3) is 0 Å². The van der Waals surface area contributed by atoms with E-state index in [1.54, 1.807) is 32.4 Å². The quantitative estimate of drug-likeness (QED) is 0.0851. The largest absolute Gasteiger partial charge is 0.379 e. The third-order valence-electron chi connectivity index (χ3n) is 13.6. The number of benzene rings is 1. The highest BCUT2D eigenvalue weighted by Crippen LogP contribution is 2.32. The highest BCUT2D eigenvalue weighted by Gasteiger charge is 2.43. The fourth-order valence-corrected chi connectivity index (χ4v) is 10.0. The number of Topliss-reactive ketones (excluding diaryl/α,β-unsaturated/α-hetero) is 1. The van der Waals surface area contributed by atoms with Crippen LogP contribution in [0.4, 0.5) is 0 Å². The summed E-state index contributed by atoms with van der Waals surface area (Å²) in [6.07, 6.45) is 3.62. The first-order valence-corrected chi connectivity index (χ1v) is 24.6. The van der Waals surface area contributed by atoms with E-state index in [0.29, 0.717) is 45.2 Å². The molecule has 64 heavy (non-hydrogen) atoms. The van der Waals surface area contributed by atoms with Gasteiger partial charge < -0.3 is 34.2 Å². The monoisotopic (exact) mass is 913 g/mol. The van der Waals surface area contributed by atoms with Gasteiger partial charge in [0.15, 0.2) is 5.78 Å². The zero-order valence-corrected chi connectivity index (χ0v) is 42.6. The molecule has 3 amide bonds. The molecular weight excluding hydrogens is 829 g/mol. The minimum Gasteiger partial charge on any atom is -0.379 e. The summed E-state index contributed by atoms with van der Waals surface area (Å²) in [7, 11) is 9.05. The molecule has 1 aromatic heterocycles. The summed E-state index contributed by atoms with van der Waals surface area (Å²) in [5.41, 5.74) is 1.09. The van der Waals surface area contributed by atoms with E-state index in [1.165, 1.54) is 11.3 Å². The maximum Gasteiger partial charge on any atom is 0.226 e. The Hall–Kier alpha value is -3.27. The summed E-state index contributed by atoms with van der Waals surface area (Å²) in [5.74, 6) is -1.49. The normalized spacial score (nSPS) is 18.3. The third kappa shape index (κ3) is 15.7. The number of likely N-dealkylation sites (tertiary alicyclic amines) is 1. The van der Waals surface area contributed by atoms with Gasteiger partial charge in [0.1, 0.15) is 5.01 Å². The molecule has 1 aliphatic rings. The molecule has 9 atom stereocenters. The molecule has 0 bridgehead atoms. The van der Waals surface area contributed by atoms with Crippen molar-refractivity contribution in [3.63, 3.8) is 0 Å². The smallest absolute Gasteiger partial charge is 0.226 e. The molecule has 2 heterocycles. The molecular formula is C50H84N6O7S. The van der Waals surface area contributed by atoms with E-state index in [-0.39, 0.29) is 72.2 Å². The van der Waals surface area contributed by atoms with Crippen molar-refractivity contribution >= 4 is 34.8 Å². The van der Waals surface area contributed by atoms with Crippen LogP contribution in [0.5, 0.6) is 0 Å². The summed E-state index contributed by atoms with van der Waals surface area (Å²) in [6, 6.07) is 9.08. The second-order valence-electron chi connectivity index (χ2n) is 19.1. The summed E-state index contributed by atoms with van der Waals surface area (Å²) in [5, 5.41) is 5.99. The van der Waals surface area contributed by atoms with Crippen LogP contribution in [0, 0.1) is 29.6 Å². The number of ether oxygens (including phenoxy) is 3. The molecule has 3 rings (SSSR count). The van der Waals surface area contributed by atoms with Gasteiger partial charge >= 0.3 is 0 Å². The maximum atomic E-state index is 14.7. The molecule has 1 aliphatic heterocycles. The van der Waals surface area contributed by atoms with Crippen LogP contribution >= 0.6 is 11.3 Å². The maximum absolute atomic E-state index is 14.7. The van der Waals surface area contributed by atoms with E-state index in [4.69, 9.17) is 14.2 Å². The number of amides is 3. The number of methoxy groups -OCH3 is 2. The van der Waals surface area contributed by atoms with Gasteiger partial charge in [-0.3, -0.25) is 24.1 Å². The van der Waals surface area contributed by atoms with Gasteiger partial charge in [-0.25, -0.2) is 4.98 Å². The van der Waals surface area contributed by atoms with Crippen LogP contribution in [0.1, 0.15) is 111 Å². The number of carbonyl (C=O) groups is 4. The van der Waals surface area contributed by atoms with Crippen LogP contribution in [-0.2, 0) is 39.8 Å². The number of thiazole rings is 1. The van der Waals surface area contributed by atoms with Crippen molar-refractivity contribution in [1.29, 1.82) is 0 Å². The molecule has 1 N–H and O–H groups in total. The lowest BCUT2D eigenvalue weighted by Crippen LogP contribution is -2.54. The molecule has 0 aliphatic carbocycles. The minimum atomic E-state index is -0.602. The first kappa shape index (κ1) is 55.1. The van der Waals surface area contributed by atoms with Crippen molar-refractivity contribution in [3.8, 4) is 0 Å². The highest BCUT2D eigenvalue weighted by atomic mass is 32.1. The third-order valence-corrected chi connectivity index (χ3v) is 14.5. The molecule has 13 nitrogen and oxygen atoms in total. The Morgan fingerprint density at radius 3 is 2.09 bits per heavy atom. The van der Waals surface area contributed by atoms with E-state index < -0.39 is 30.1 Å². The Bertz CT molecular complexity index is 1680. The molecule has 2 aromatic rings. The topological polar surface area (TPSA) is 134 Å². The van der Waals surface area contributed by atoms with Gasteiger partial charge in [-0.05, 0) is 70.5 Å². The summed E-state index contributed by atoms with van der Waals surface area (Å²) >= 11 is 1.51. The zero-order chi connectivity index (χ0) is 47.7. The van der Waals surface area contributed by atoms with Crippen molar-refractivity contribution in [2.75, 3.05) is 68.2 Å². The van der Waals surface area contributed by atoms with E-state index in [0.717, 1.165) is 30.0 Å². The van der Waals surface area contributed by atoms with Gasteiger partial charge in [0, 0.05) is 70.9 Å². The average molecular weight is 913 g/mol. The fourth-order valence-electron chi connectivity index (χ4n) is 9.32. The van der Waals surface area contributed by atoms with Crippen molar-refractivity contribution < 1.29 is 33.4 Å². The number of nitrogens with zero attached hydrogens (tertiary/aromatic N) is 5. The number of rotatable bonds is 29. The first-order chi connectivity index (χ1) is 30.4. The number of hydrogen-bond acceptors (Lipinski definition) is 11. The van der Waals surface area contributed by atoms with Gasteiger partial charge in [-0.15, -0.1) is 11.3 Å². The second kappa shape index (κ2) is 27.4. The fraction of sp³-hybridized carbons (Fsp3) is 0.740. The van der Waals surface area contributed by atoms with Gasteiger partial charge in [0.25, 0.3) is 0 Å². The Labute approximate surface area is 390 Å². The standard InChI is InChI=1S/C50H84N6O7S/c1-15-36(8)46(55(12)50(60)39(33(2)3)31-42(57)45(34(4)5)54(11)26-28-63-27-25-53(10)35(6)7)43(61-13)32-44(58)56-24-19-22-41(56)47(62-14)37(9)48(59)52-40(49-51-23-29-64-49)30-38-20-17-16-18-21-38/h16-18,20-21,23,29,33-37,39-41,43,45-47H,15,19,22,24-28,30-32H2,1-14H3,(H,52,59)/t36-,37+,39-,40-,41-,43+,45-,46-,47+/m0/s1. The summed E-state index contributed by atoms with van der Waals surface area (Å²) in [6.45, 7) is 21.6. The summed E-state index contributed by atoms with van der Waals surface area (Å²) < 4.78 is 18.2. The molecule has 14 heteroatoms. The van der Waals surface area contributed by atoms with Crippen LogP contribution in [0.2, 0.25) is 0 Å².